The Morgan fingerprint density at radius 2 is 1.85 bits per heavy atom. The number of rotatable bonds is 6. The third kappa shape index (κ3) is 3.93. The fourth-order valence-electron chi connectivity index (χ4n) is 4.06. The van der Waals surface area contributed by atoms with Crippen LogP contribution in [0.2, 0.25) is 0 Å². The minimum atomic E-state index is -0.937. The number of nitrogens with zero attached hydrogens (tertiary/aromatic N) is 3. The zero-order chi connectivity index (χ0) is 18.6. The molecule has 3 aromatic rings. The van der Waals surface area contributed by atoms with Gasteiger partial charge >= 0.3 is 0 Å². The first-order chi connectivity index (χ1) is 13.2. The van der Waals surface area contributed by atoms with E-state index in [4.69, 9.17) is 0 Å². The second-order valence-corrected chi connectivity index (χ2v) is 7.31. The van der Waals surface area contributed by atoms with Crippen molar-refractivity contribution in [3.63, 3.8) is 0 Å². The van der Waals surface area contributed by atoms with E-state index in [0.29, 0.717) is 12.6 Å². The lowest BCUT2D eigenvalue weighted by Crippen LogP contribution is -2.36. The van der Waals surface area contributed by atoms with Gasteiger partial charge in [0.1, 0.15) is 12.7 Å². The molecule has 140 valence electrons. The Hall–Kier alpha value is -2.53. The second kappa shape index (κ2) is 8.01. The average Bonchev–Trinajstić information content (AvgIpc) is 3.13. The molecule has 1 saturated heterocycles. The van der Waals surface area contributed by atoms with Crippen LogP contribution in [-0.2, 0) is 6.54 Å². The predicted octanol–water partition coefficient (Wildman–Crippen LogP) is 5.26. The molecule has 1 unspecified atom stereocenters. The minimum Gasteiger partial charge on any atom is -0.344 e. The molecule has 1 atom stereocenters. The van der Waals surface area contributed by atoms with Gasteiger partial charge in [-0.25, -0.2) is 4.39 Å². The van der Waals surface area contributed by atoms with Crippen molar-refractivity contribution in [3.05, 3.63) is 76.8 Å². The molecule has 2 aromatic carbocycles. The molecule has 1 aliphatic rings. The number of fused-ring (bicyclic) bond motifs is 1. The van der Waals surface area contributed by atoms with Crippen molar-refractivity contribution < 1.29 is 4.39 Å². The molecule has 0 amide bonds. The number of hydrogen-bond acceptors (Lipinski definition) is 3. The fraction of sp³-hybridized carbons (Fsp3) is 0.364. The van der Waals surface area contributed by atoms with Gasteiger partial charge in [0.2, 0.25) is 0 Å². The van der Waals surface area contributed by atoms with Crippen LogP contribution in [0.3, 0.4) is 0 Å². The Morgan fingerprint density at radius 3 is 2.59 bits per heavy atom. The lowest BCUT2D eigenvalue weighted by atomic mass is 10.0. The molecular formula is C22H24FN3O. The zero-order valence-corrected chi connectivity index (χ0v) is 15.3. The molecule has 0 bridgehead atoms. The van der Waals surface area contributed by atoms with E-state index in [2.05, 4.69) is 39.0 Å². The number of nitroso groups, excluding NO2 is 1. The van der Waals surface area contributed by atoms with Crippen LogP contribution in [0, 0.1) is 4.91 Å². The van der Waals surface area contributed by atoms with E-state index in [1.165, 1.54) is 5.39 Å². The smallest absolute Gasteiger partial charge is 0.138 e. The topological polar surface area (TPSA) is 37.6 Å². The van der Waals surface area contributed by atoms with Gasteiger partial charge in [-0.2, -0.15) is 4.91 Å². The van der Waals surface area contributed by atoms with Gasteiger partial charge in [0, 0.05) is 37.4 Å². The highest BCUT2D eigenvalue weighted by molar-refractivity contribution is 5.81. The molecule has 4 nitrogen and oxygen atoms in total. The van der Waals surface area contributed by atoms with Crippen LogP contribution in [0.1, 0.15) is 36.2 Å². The molecule has 1 fully saturated rings. The summed E-state index contributed by atoms with van der Waals surface area (Å²) in [5.41, 5.74) is 2.85. The summed E-state index contributed by atoms with van der Waals surface area (Å²) < 4.78 is 16.8. The van der Waals surface area contributed by atoms with E-state index < -0.39 is 6.17 Å². The Labute approximate surface area is 158 Å². The first-order valence-electron chi connectivity index (χ1n) is 9.54. The molecule has 0 radical (unpaired) electrons. The first-order valence-corrected chi connectivity index (χ1v) is 9.54. The molecule has 5 heteroatoms. The summed E-state index contributed by atoms with van der Waals surface area (Å²) in [4.78, 5) is 12.8. The number of halogens is 1. The van der Waals surface area contributed by atoms with Gasteiger partial charge in [0.05, 0.1) is 0 Å². The molecule has 1 aliphatic heterocycles. The summed E-state index contributed by atoms with van der Waals surface area (Å²) in [5, 5.41) is 4.18. The summed E-state index contributed by atoms with van der Waals surface area (Å²) in [6, 6.07) is 18.0. The SMILES string of the molecule is O=NCc1ccc2ccn(C3CCN(CC(F)c4ccccc4)CC3)c2c1. The van der Waals surface area contributed by atoms with Gasteiger partial charge in [0.15, 0.2) is 0 Å². The lowest BCUT2D eigenvalue weighted by Gasteiger charge is -2.33. The van der Waals surface area contributed by atoms with Crippen LogP contribution < -0.4 is 0 Å². The number of aromatic nitrogens is 1. The second-order valence-electron chi connectivity index (χ2n) is 7.31. The maximum atomic E-state index is 14.5. The number of alkyl halides is 1. The molecule has 0 spiro atoms. The maximum Gasteiger partial charge on any atom is 0.138 e. The highest BCUT2D eigenvalue weighted by Gasteiger charge is 2.23. The minimum absolute atomic E-state index is 0.205. The van der Waals surface area contributed by atoms with E-state index in [-0.39, 0.29) is 6.54 Å². The quantitative estimate of drug-likeness (QED) is 0.559. The molecule has 1 aromatic heterocycles. The van der Waals surface area contributed by atoms with Crippen molar-refractivity contribution >= 4 is 10.9 Å². The van der Waals surface area contributed by atoms with Gasteiger partial charge < -0.3 is 4.57 Å². The van der Waals surface area contributed by atoms with E-state index in [0.717, 1.165) is 42.6 Å². The summed E-state index contributed by atoms with van der Waals surface area (Å²) >= 11 is 0. The third-order valence-corrected chi connectivity index (χ3v) is 5.57. The summed E-state index contributed by atoms with van der Waals surface area (Å²) in [6.07, 6.45) is 3.20. The summed E-state index contributed by atoms with van der Waals surface area (Å²) in [6.45, 7) is 2.45. The van der Waals surface area contributed by atoms with E-state index in [1.54, 1.807) is 0 Å². The predicted molar refractivity (Wildman–Crippen MR) is 106 cm³/mol. The fourth-order valence-corrected chi connectivity index (χ4v) is 4.06. The van der Waals surface area contributed by atoms with Crippen molar-refractivity contribution in [2.24, 2.45) is 5.18 Å². The number of hydrogen-bond donors (Lipinski definition) is 0. The Bertz CT molecular complexity index is 900. The molecule has 4 rings (SSSR count). The van der Waals surface area contributed by atoms with Crippen LogP contribution in [0.4, 0.5) is 4.39 Å². The zero-order valence-electron chi connectivity index (χ0n) is 15.3. The molecule has 27 heavy (non-hydrogen) atoms. The van der Waals surface area contributed by atoms with E-state index >= 15 is 0 Å². The van der Waals surface area contributed by atoms with Gasteiger partial charge in [-0.1, -0.05) is 47.6 Å². The first kappa shape index (κ1) is 17.9. The molecule has 0 aliphatic carbocycles. The van der Waals surface area contributed by atoms with Gasteiger partial charge in [0.25, 0.3) is 0 Å². The molecular weight excluding hydrogens is 341 g/mol. The normalized spacial score (nSPS) is 17.2. The highest BCUT2D eigenvalue weighted by Crippen LogP contribution is 2.30. The monoisotopic (exact) mass is 365 g/mol. The van der Waals surface area contributed by atoms with Gasteiger partial charge in [-0.15, -0.1) is 0 Å². The van der Waals surface area contributed by atoms with Crippen LogP contribution in [0.15, 0.2) is 66.0 Å². The van der Waals surface area contributed by atoms with Crippen molar-refractivity contribution in [2.75, 3.05) is 19.6 Å². The van der Waals surface area contributed by atoms with Crippen LogP contribution in [0.5, 0.6) is 0 Å². The average molecular weight is 365 g/mol. The van der Waals surface area contributed by atoms with Crippen molar-refractivity contribution in [1.82, 2.24) is 9.47 Å². The number of piperidine rings is 1. The van der Waals surface area contributed by atoms with Gasteiger partial charge in [-0.3, -0.25) is 4.90 Å². The van der Waals surface area contributed by atoms with Crippen molar-refractivity contribution in [2.45, 2.75) is 31.6 Å². The molecule has 0 N–H and O–H groups in total. The van der Waals surface area contributed by atoms with Crippen molar-refractivity contribution in [1.29, 1.82) is 0 Å². The van der Waals surface area contributed by atoms with E-state index in [9.17, 15) is 9.30 Å². The van der Waals surface area contributed by atoms with Crippen molar-refractivity contribution in [3.8, 4) is 0 Å². The standard InChI is InChI=1S/C22H24FN3O/c23-21(18-4-2-1-3-5-18)16-25-11-9-20(10-12-25)26-13-8-19-7-6-17(15-24-27)14-22(19)26/h1-8,13-14,20-21H,9-12,15-16H2. The number of benzene rings is 2. The molecule has 0 saturated carbocycles. The Kier molecular flexibility index (Phi) is 5.30. The van der Waals surface area contributed by atoms with Crippen LogP contribution in [0.25, 0.3) is 10.9 Å². The Balaban J connectivity index is 1.41. The summed E-state index contributed by atoms with van der Waals surface area (Å²) in [5.74, 6) is 0. The summed E-state index contributed by atoms with van der Waals surface area (Å²) in [7, 11) is 0. The van der Waals surface area contributed by atoms with Crippen LogP contribution >= 0.6 is 0 Å². The van der Waals surface area contributed by atoms with Crippen LogP contribution in [-0.4, -0.2) is 29.1 Å². The number of likely N-dealkylation sites (tertiary alicyclic amines) is 1. The largest absolute Gasteiger partial charge is 0.344 e. The molecule has 2 heterocycles. The van der Waals surface area contributed by atoms with E-state index in [1.807, 2.05) is 36.4 Å². The maximum absolute atomic E-state index is 14.5. The Morgan fingerprint density at radius 1 is 1.07 bits per heavy atom. The highest BCUT2D eigenvalue weighted by atomic mass is 19.1. The lowest BCUT2D eigenvalue weighted by molar-refractivity contribution is 0.144. The van der Waals surface area contributed by atoms with Gasteiger partial charge in [-0.05, 0) is 41.5 Å². The third-order valence-electron chi connectivity index (χ3n) is 5.57.